The van der Waals surface area contributed by atoms with Crippen molar-refractivity contribution in [2.24, 2.45) is 5.73 Å². The van der Waals surface area contributed by atoms with E-state index in [-0.39, 0.29) is 0 Å². The highest BCUT2D eigenvalue weighted by atomic mass is 14.5. The molecule has 0 aliphatic carbocycles. The van der Waals surface area contributed by atoms with Crippen LogP contribution in [0.3, 0.4) is 0 Å². The normalized spacial score (nSPS) is 9.27. The molecule has 2 N–H and O–H groups in total. The van der Waals surface area contributed by atoms with Crippen LogP contribution in [-0.4, -0.2) is 7.85 Å². The largest absolute Gasteiger partial charge is 0.326 e. The zero-order chi connectivity index (χ0) is 11.5. The molecule has 15 heavy (non-hydrogen) atoms. The fourth-order valence-corrected chi connectivity index (χ4v) is 1.15. The standard InChI is InChI=1S/C7H8BN.C6H14/c8-7-3-1-6(5-9)2-4-7;1-3-5-6-4-2/h1-4H,5,9H2;3-6H2,1-2H3. The smallest absolute Gasteiger partial charge is 0.113 e. The molecule has 0 aliphatic rings. The Morgan fingerprint density at radius 2 is 1.47 bits per heavy atom. The van der Waals surface area contributed by atoms with Crippen molar-refractivity contribution in [3.05, 3.63) is 29.8 Å². The van der Waals surface area contributed by atoms with E-state index in [0.29, 0.717) is 6.54 Å². The molecule has 2 heteroatoms. The average Bonchev–Trinajstić information content (AvgIpc) is 2.28. The van der Waals surface area contributed by atoms with Gasteiger partial charge in [-0.05, 0) is 5.56 Å². The monoisotopic (exact) mass is 203 g/mol. The summed E-state index contributed by atoms with van der Waals surface area (Å²) in [5.74, 6) is 0. The minimum Gasteiger partial charge on any atom is -0.326 e. The Bertz CT molecular complexity index is 227. The van der Waals surface area contributed by atoms with E-state index in [1.54, 1.807) is 0 Å². The maximum Gasteiger partial charge on any atom is 0.113 e. The number of hydrogen-bond donors (Lipinski definition) is 1. The Kier molecular flexibility index (Phi) is 9.29. The Labute approximate surface area is 95.5 Å². The summed E-state index contributed by atoms with van der Waals surface area (Å²) in [7, 11) is 5.44. The molecule has 82 valence electrons. The molecule has 0 heterocycles. The van der Waals surface area contributed by atoms with E-state index in [1.165, 1.54) is 25.7 Å². The van der Waals surface area contributed by atoms with E-state index in [4.69, 9.17) is 13.6 Å². The summed E-state index contributed by atoms with van der Waals surface area (Å²) < 4.78 is 0. The van der Waals surface area contributed by atoms with Gasteiger partial charge in [-0.3, -0.25) is 0 Å². The molecule has 2 radical (unpaired) electrons. The summed E-state index contributed by atoms with van der Waals surface area (Å²) in [6.07, 6.45) is 5.54. The van der Waals surface area contributed by atoms with Crippen LogP contribution in [0.15, 0.2) is 24.3 Å². The van der Waals surface area contributed by atoms with Gasteiger partial charge in [0, 0.05) is 6.54 Å². The van der Waals surface area contributed by atoms with Crippen LogP contribution in [0.2, 0.25) is 0 Å². The Morgan fingerprint density at radius 3 is 1.80 bits per heavy atom. The molecule has 0 unspecified atom stereocenters. The second kappa shape index (κ2) is 9.79. The van der Waals surface area contributed by atoms with Crippen molar-refractivity contribution in [2.45, 2.75) is 46.1 Å². The Hall–Kier alpha value is -0.755. The summed E-state index contributed by atoms with van der Waals surface area (Å²) in [6, 6.07) is 7.55. The van der Waals surface area contributed by atoms with Crippen LogP contribution in [0.5, 0.6) is 0 Å². The number of unbranched alkanes of at least 4 members (excludes halogenated alkanes) is 3. The van der Waals surface area contributed by atoms with Crippen LogP contribution in [0, 0.1) is 0 Å². The Morgan fingerprint density at radius 1 is 1.00 bits per heavy atom. The third-order valence-electron chi connectivity index (χ3n) is 2.17. The molecule has 1 nitrogen and oxygen atoms in total. The molecule has 1 rings (SSSR count). The van der Waals surface area contributed by atoms with Gasteiger partial charge in [-0.15, -0.1) is 0 Å². The van der Waals surface area contributed by atoms with Crippen molar-refractivity contribution in [2.75, 3.05) is 0 Å². The van der Waals surface area contributed by atoms with Gasteiger partial charge in [-0.1, -0.05) is 69.3 Å². The van der Waals surface area contributed by atoms with E-state index in [2.05, 4.69) is 13.8 Å². The molecular weight excluding hydrogens is 181 g/mol. The fraction of sp³-hybridized carbons (Fsp3) is 0.538. The van der Waals surface area contributed by atoms with Gasteiger partial charge < -0.3 is 5.73 Å². The predicted octanol–water partition coefficient (Wildman–Crippen LogP) is 2.53. The van der Waals surface area contributed by atoms with E-state index < -0.39 is 0 Å². The maximum atomic E-state index is 5.44. The molecule has 1 aromatic rings. The summed E-state index contributed by atoms with van der Waals surface area (Å²) >= 11 is 0. The lowest BCUT2D eigenvalue weighted by atomic mass is 9.95. The zero-order valence-electron chi connectivity index (χ0n) is 10.00. The van der Waals surface area contributed by atoms with E-state index >= 15 is 0 Å². The van der Waals surface area contributed by atoms with Gasteiger partial charge >= 0.3 is 0 Å². The van der Waals surface area contributed by atoms with Crippen molar-refractivity contribution >= 4 is 13.3 Å². The van der Waals surface area contributed by atoms with E-state index in [1.807, 2.05) is 24.3 Å². The first-order chi connectivity index (χ1) is 7.24. The van der Waals surface area contributed by atoms with Crippen LogP contribution in [0.4, 0.5) is 0 Å². The average molecular weight is 203 g/mol. The number of benzene rings is 1. The SMILES string of the molecule is CCCCCC.[B]c1ccc(CN)cc1. The lowest BCUT2D eigenvalue weighted by Crippen LogP contribution is -2.02. The van der Waals surface area contributed by atoms with Crippen molar-refractivity contribution in [1.29, 1.82) is 0 Å². The number of hydrogen-bond acceptors (Lipinski definition) is 1. The Balaban J connectivity index is 0.000000288. The summed E-state index contributed by atoms with van der Waals surface area (Å²) in [6.45, 7) is 5.05. The summed E-state index contributed by atoms with van der Waals surface area (Å²) in [4.78, 5) is 0. The molecule has 0 spiro atoms. The van der Waals surface area contributed by atoms with Gasteiger partial charge in [0.05, 0.1) is 0 Å². The van der Waals surface area contributed by atoms with Gasteiger partial charge in [-0.2, -0.15) is 0 Å². The molecule has 0 aliphatic heterocycles. The van der Waals surface area contributed by atoms with Crippen LogP contribution >= 0.6 is 0 Å². The molecule has 0 bridgehead atoms. The molecule has 0 saturated carbocycles. The molecule has 1 aromatic carbocycles. The number of nitrogens with two attached hydrogens (primary N) is 1. The molecule has 0 aromatic heterocycles. The van der Waals surface area contributed by atoms with Crippen LogP contribution in [-0.2, 0) is 6.54 Å². The van der Waals surface area contributed by atoms with E-state index in [9.17, 15) is 0 Å². The van der Waals surface area contributed by atoms with Crippen molar-refractivity contribution in [3.63, 3.8) is 0 Å². The first-order valence-electron chi connectivity index (χ1n) is 5.79. The molecule has 0 saturated heterocycles. The second-order valence-electron chi connectivity index (χ2n) is 3.65. The minimum atomic E-state index is 0.584. The molecule has 0 amide bonds. The van der Waals surface area contributed by atoms with Crippen molar-refractivity contribution in [1.82, 2.24) is 0 Å². The van der Waals surface area contributed by atoms with Crippen molar-refractivity contribution in [3.8, 4) is 0 Å². The zero-order valence-corrected chi connectivity index (χ0v) is 10.00. The van der Waals surface area contributed by atoms with Crippen LogP contribution in [0.25, 0.3) is 0 Å². The highest BCUT2D eigenvalue weighted by Crippen LogP contribution is 1.95. The third kappa shape index (κ3) is 8.25. The first-order valence-corrected chi connectivity index (χ1v) is 5.79. The summed E-state index contributed by atoms with van der Waals surface area (Å²) in [5.41, 5.74) is 7.26. The highest BCUT2D eigenvalue weighted by molar-refractivity contribution is 6.32. The lowest BCUT2D eigenvalue weighted by molar-refractivity contribution is 0.702. The topological polar surface area (TPSA) is 26.0 Å². The van der Waals surface area contributed by atoms with Gasteiger partial charge in [0.1, 0.15) is 7.85 Å². The predicted molar refractivity (Wildman–Crippen MR) is 69.5 cm³/mol. The third-order valence-corrected chi connectivity index (χ3v) is 2.17. The second-order valence-corrected chi connectivity index (χ2v) is 3.65. The van der Waals surface area contributed by atoms with Crippen LogP contribution < -0.4 is 11.2 Å². The highest BCUT2D eigenvalue weighted by Gasteiger charge is 1.84. The summed E-state index contributed by atoms with van der Waals surface area (Å²) in [5, 5.41) is 0. The number of rotatable bonds is 4. The lowest BCUT2D eigenvalue weighted by Gasteiger charge is -1.94. The van der Waals surface area contributed by atoms with Gasteiger partial charge in [-0.25, -0.2) is 0 Å². The van der Waals surface area contributed by atoms with Gasteiger partial charge in [0.2, 0.25) is 0 Å². The first kappa shape index (κ1) is 14.2. The quantitative estimate of drug-likeness (QED) is 0.590. The minimum absolute atomic E-state index is 0.584. The van der Waals surface area contributed by atoms with Crippen molar-refractivity contribution < 1.29 is 0 Å². The molecule has 0 fully saturated rings. The molecular formula is C13H22BN. The fourth-order valence-electron chi connectivity index (χ4n) is 1.15. The van der Waals surface area contributed by atoms with Gasteiger partial charge in [0.25, 0.3) is 0 Å². The van der Waals surface area contributed by atoms with Crippen LogP contribution in [0.1, 0.15) is 45.1 Å². The maximum absolute atomic E-state index is 5.44. The van der Waals surface area contributed by atoms with E-state index in [0.717, 1.165) is 11.0 Å². The van der Waals surface area contributed by atoms with Gasteiger partial charge in [0.15, 0.2) is 0 Å². The molecule has 0 atom stereocenters.